The van der Waals surface area contributed by atoms with Crippen LogP contribution in [-0.2, 0) is 4.79 Å². The number of nitrogens with two attached hydrogens (primary N) is 1. The average molecular weight is 213 g/mol. The smallest absolute Gasteiger partial charge is 0.231 e. The highest BCUT2D eigenvalue weighted by molar-refractivity contribution is 5.75. The van der Waals surface area contributed by atoms with Crippen LogP contribution in [0.2, 0.25) is 0 Å². The maximum absolute atomic E-state index is 10.9. The van der Waals surface area contributed by atoms with Crippen molar-refractivity contribution < 1.29 is 4.79 Å². The van der Waals surface area contributed by atoms with Gasteiger partial charge in [-0.25, -0.2) is 0 Å². The molecular formula is C11H23N3O. The van der Waals surface area contributed by atoms with Crippen LogP contribution in [0.25, 0.3) is 0 Å². The fourth-order valence-corrected chi connectivity index (χ4v) is 2.06. The van der Waals surface area contributed by atoms with Gasteiger partial charge in [0, 0.05) is 12.6 Å². The highest BCUT2D eigenvalue weighted by atomic mass is 16.1. The molecule has 1 saturated heterocycles. The molecule has 1 aliphatic rings. The van der Waals surface area contributed by atoms with Crippen LogP contribution in [0.3, 0.4) is 0 Å². The number of carbonyl (C=O) groups excluding carboxylic acids is 1. The monoisotopic (exact) mass is 213 g/mol. The van der Waals surface area contributed by atoms with E-state index in [9.17, 15) is 4.79 Å². The van der Waals surface area contributed by atoms with Gasteiger partial charge in [-0.05, 0) is 32.4 Å². The average Bonchev–Trinajstić information content (AvgIpc) is 2.66. The second kappa shape index (κ2) is 6.80. The first-order valence-corrected chi connectivity index (χ1v) is 5.96. The van der Waals surface area contributed by atoms with Crippen molar-refractivity contribution in [2.45, 2.75) is 38.6 Å². The maximum atomic E-state index is 10.9. The molecule has 0 saturated carbocycles. The topological polar surface area (TPSA) is 58.4 Å². The van der Waals surface area contributed by atoms with E-state index in [0.717, 1.165) is 32.5 Å². The van der Waals surface area contributed by atoms with E-state index in [4.69, 9.17) is 5.73 Å². The van der Waals surface area contributed by atoms with Crippen molar-refractivity contribution in [3.8, 4) is 0 Å². The van der Waals surface area contributed by atoms with E-state index in [1.165, 1.54) is 12.8 Å². The maximum Gasteiger partial charge on any atom is 0.231 e. The third kappa shape index (κ3) is 5.14. The summed E-state index contributed by atoms with van der Waals surface area (Å²) in [6.07, 6.45) is 4.78. The number of rotatable bonds is 7. The molecular weight excluding hydrogens is 190 g/mol. The zero-order chi connectivity index (χ0) is 11.1. The summed E-state index contributed by atoms with van der Waals surface area (Å²) in [4.78, 5) is 13.1. The van der Waals surface area contributed by atoms with Crippen molar-refractivity contribution in [3.63, 3.8) is 0 Å². The van der Waals surface area contributed by atoms with Gasteiger partial charge in [0.1, 0.15) is 0 Å². The second-order valence-electron chi connectivity index (χ2n) is 4.35. The van der Waals surface area contributed by atoms with Gasteiger partial charge in [-0.15, -0.1) is 0 Å². The Morgan fingerprint density at radius 2 is 2.40 bits per heavy atom. The van der Waals surface area contributed by atoms with Gasteiger partial charge in [-0.3, -0.25) is 9.69 Å². The van der Waals surface area contributed by atoms with E-state index >= 15 is 0 Å². The van der Waals surface area contributed by atoms with Crippen molar-refractivity contribution >= 4 is 5.91 Å². The lowest BCUT2D eigenvalue weighted by atomic mass is 10.2. The Hall–Kier alpha value is -0.610. The van der Waals surface area contributed by atoms with Crippen molar-refractivity contribution in [2.75, 3.05) is 26.2 Å². The van der Waals surface area contributed by atoms with Gasteiger partial charge >= 0.3 is 0 Å². The van der Waals surface area contributed by atoms with Crippen LogP contribution in [-0.4, -0.2) is 43.0 Å². The quantitative estimate of drug-likeness (QED) is 0.640. The summed E-state index contributed by atoms with van der Waals surface area (Å²) in [5.41, 5.74) is 5.24. The highest BCUT2D eigenvalue weighted by Gasteiger charge is 2.18. The van der Waals surface area contributed by atoms with Crippen LogP contribution >= 0.6 is 0 Å². The molecule has 0 spiro atoms. The first-order chi connectivity index (χ1) is 7.22. The van der Waals surface area contributed by atoms with E-state index in [1.807, 2.05) is 0 Å². The molecule has 88 valence electrons. The molecule has 0 unspecified atom stereocenters. The number of carbonyl (C=O) groups is 1. The van der Waals surface area contributed by atoms with Gasteiger partial charge in [-0.2, -0.15) is 0 Å². The number of nitrogens with zero attached hydrogens (tertiary/aromatic N) is 1. The number of primary amides is 1. The number of amides is 1. The summed E-state index contributed by atoms with van der Waals surface area (Å²) in [6, 6.07) is 0.557. The van der Waals surface area contributed by atoms with Crippen molar-refractivity contribution in [3.05, 3.63) is 0 Å². The van der Waals surface area contributed by atoms with Crippen molar-refractivity contribution in [1.82, 2.24) is 10.2 Å². The van der Waals surface area contributed by atoms with Gasteiger partial charge in [-0.1, -0.05) is 13.3 Å². The zero-order valence-electron chi connectivity index (χ0n) is 9.67. The summed E-state index contributed by atoms with van der Waals surface area (Å²) in [6.45, 7) is 5.62. The largest absolute Gasteiger partial charge is 0.369 e. The lowest BCUT2D eigenvalue weighted by Crippen LogP contribution is -2.42. The van der Waals surface area contributed by atoms with Gasteiger partial charge in [0.2, 0.25) is 5.91 Å². The standard InChI is InChI=1S/C11H23N3O/c1-2-3-7-14(9-11(12)15)8-10-5-4-6-13-10/h10,13H,2-9H2,1H3,(H2,12,15)/t10-/m1/s1. The predicted molar refractivity (Wildman–Crippen MR) is 61.6 cm³/mol. The molecule has 0 aromatic carbocycles. The highest BCUT2D eigenvalue weighted by Crippen LogP contribution is 2.07. The van der Waals surface area contributed by atoms with Gasteiger partial charge in [0.05, 0.1) is 6.54 Å². The van der Waals surface area contributed by atoms with E-state index in [0.29, 0.717) is 12.6 Å². The summed E-state index contributed by atoms with van der Waals surface area (Å²) >= 11 is 0. The Morgan fingerprint density at radius 3 is 2.93 bits per heavy atom. The Kier molecular flexibility index (Phi) is 5.65. The molecule has 1 fully saturated rings. The Morgan fingerprint density at radius 1 is 1.60 bits per heavy atom. The first kappa shape index (κ1) is 12.5. The Labute approximate surface area is 92.2 Å². The fraction of sp³-hybridized carbons (Fsp3) is 0.909. The Bertz CT molecular complexity index is 190. The zero-order valence-corrected chi connectivity index (χ0v) is 9.67. The molecule has 0 aliphatic carbocycles. The number of hydrogen-bond acceptors (Lipinski definition) is 3. The third-order valence-electron chi connectivity index (χ3n) is 2.85. The molecule has 4 heteroatoms. The van der Waals surface area contributed by atoms with Crippen LogP contribution in [0.15, 0.2) is 0 Å². The molecule has 1 amide bonds. The third-order valence-corrected chi connectivity index (χ3v) is 2.85. The van der Waals surface area contributed by atoms with Crippen LogP contribution in [0, 0.1) is 0 Å². The first-order valence-electron chi connectivity index (χ1n) is 5.96. The van der Waals surface area contributed by atoms with E-state index in [-0.39, 0.29) is 5.91 Å². The summed E-state index contributed by atoms with van der Waals surface area (Å²) in [5, 5.41) is 3.44. The molecule has 1 atom stereocenters. The number of nitrogens with one attached hydrogen (secondary N) is 1. The normalized spacial score (nSPS) is 21.1. The minimum absolute atomic E-state index is 0.218. The minimum atomic E-state index is -0.218. The molecule has 1 aliphatic heterocycles. The summed E-state index contributed by atoms with van der Waals surface area (Å²) in [7, 11) is 0. The number of unbranched alkanes of at least 4 members (excludes halogenated alkanes) is 1. The molecule has 0 radical (unpaired) electrons. The molecule has 4 nitrogen and oxygen atoms in total. The van der Waals surface area contributed by atoms with E-state index < -0.39 is 0 Å². The van der Waals surface area contributed by atoms with Gasteiger partial charge in [0.25, 0.3) is 0 Å². The fourth-order valence-electron chi connectivity index (χ4n) is 2.06. The van der Waals surface area contributed by atoms with Crippen molar-refractivity contribution in [2.24, 2.45) is 5.73 Å². The molecule has 3 N–H and O–H groups in total. The van der Waals surface area contributed by atoms with Crippen LogP contribution in [0.1, 0.15) is 32.6 Å². The van der Waals surface area contributed by atoms with Gasteiger partial charge < -0.3 is 11.1 Å². The second-order valence-corrected chi connectivity index (χ2v) is 4.35. The van der Waals surface area contributed by atoms with E-state index in [1.54, 1.807) is 0 Å². The molecule has 0 aromatic heterocycles. The predicted octanol–water partition coefficient (Wildman–Crippen LogP) is 0.326. The SMILES string of the molecule is CCCCN(CC(N)=O)C[C@H]1CCCN1. The Balaban J connectivity index is 2.29. The molecule has 1 rings (SSSR count). The molecule has 0 aromatic rings. The van der Waals surface area contributed by atoms with Crippen LogP contribution in [0.4, 0.5) is 0 Å². The minimum Gasteiger partial charge on any atom is -0.369 e. The van der Waals surface area contributed by atoms with E-state index in [2.05, 4.69) is 17.1 Å². The summed E-state index contributed by atoms with van der Waals surface area (Å²) in [5.74, 6) is -0.218. The van der Waals surface area contributed by atoms with Crippen LogP contribution < -0.4 is 11.1 Å². The molecule has 15 heavy (non-hydrogen) atoms. The molecule has 1 heterocycles. The lowest BCUT2D eigenvalue weighted by Gasteiger charge is -2.24. The lowest BCUT2D eigenvalue weighted by molar-refractivity contribution is -0.119. The summed E-state index contributed by atoms with van der Waals surface area (Å²) < 4.78 is 0. The number of hydrogen-bond donors (Lipinski definition) is 2. The van der Waals surface area contributed by atoms with Crippen molar-refractivity contribution in [1.29, 1.82) is 0 Å². The van der Waals surface area contributed by atoms with Crippen LogP contribution in [0.5, 0.6) is 0 Å². The van der Waals surface area contributed by atoms with Gasteiger partial charge in [0.15, 0.2) is 0 Å². The molecule has 0 bridgehead atoms.